The zero-order valence-electron chi connectivity index (χ0n) is 13.3. The van der Waals surface area contributed by atoms with Crippen molar-refractivity contribution in [2.75, 3.05) is 0 Å². The van der Waals surface area contributed by atoms with Crippen molar-refractivity contribution >= 4 is 20.4 Å². The Morgan fingerprint density at radius 1 is 0.312 bits per heavy atom. The molecule has 0 fully saturated rings. The largest absolute Gasteiger partial charge is 0.442 e. The van der Waals surface area contributed by atoms with Crippen molar-refractivity contribution in [1.29, 1.82) is 0 Å². The van der Waals surface area contributed by atoms with Gasteiger partial charge in [0.05, 0.1) is 0 Å². The van der Waals surface area contributed by atoms with Crippen LogP contribution in [0, 0.1) is 0 Å². The summed E-state index contributed by atoms with van der Waals surface area (Å²) in [6.45, 7) is 0. The van der Waals surface area contributed by atoms with Gasteiger partial charge in [-0.05, 0) is 0 Å². The molecule has 4 nitrogen and oxygen atoms in total. The lowest BCUT2D eigenvalue weighted by Gasteiger charge is -2.42. The third kappa shape index (κ3) is 3.45. The monoisotopic (exact) mass is 566 g/mol. The summed E-state index contributed by atoms with van der Waals surface area (Å²) >= 11 is 0. The molecule has 0 N–H and O–H groups in total. The molecule has 0 saturated heterocycles. The van der Waals surface area contributed by atoms with Crippen LogP contribution in [0.15, 0.2) is 0 Å². The molecule has 194 valence electrons. The van der Waals surface area contributed by atoms with Crippen LogP contribution in [0.25, 0.3) is 0 Å². The van der Waals surface area contributed by atoms with Gasteiger partial charge < -0.3 is 0 Å². The first-order valence-electron chi connectivity index (χ1n) is 6.16. The molecular weight excluding hydrogens is 566 g/mol. The third-order valence-corrected chi connectivity index (χ3v) is 5.05. The predicted octanol–water partition coefficient (Wildman–Crippen LogP) is 4.58. The summed E-state index contributed by atoms with van der Waals surface area (Å²) in [5.74, 6) is -53.6. The first-order chi connectivity index (χ1) is 13.2. The van der Waals surface area contributed by atoms with Gasteiger partial charge in [-0.15, -0.1) is 0 Å². The Balaban J connectivity index is 7.13. The molecule has 0 spiro atoms. The van der Waals surface area contributed by atoms with E-state index in [0.29, 0.717) is 0 Å². The quantitative estimate of drug-likeness (QED) is 0.303. The standard InChI is InChI=1S/C8F18O4S2/c9-1(10,3(13,14)5(17,18)7(21,22)31(25,27)28)2(11,12)4(15,16)6(19,20)8(23,24)32(26,29)30. The van der Waals surface area contributed by atoms with Crippen LogP contribution in [-0.4, -0.2) is 62.9 Å². The van der Waals surface area contributed by atoms with Crippen molar-refractivity contribution in [3.63, 3.8) is 0 Å². The van der Waals surface area contributed by atoms with Crippen molar-refractivity contribution in [2.45, 2.75) is 46.0 Å². The van der Waals surface area contributed by atoms with E-state index >= 15 is 0 Å². The van der Waals surface area contributed by atoms with Gasteiger partial charge in [-0.25, -0.2) is 0 Å². The highest BCUT2D eigenvalue weighted by Crippen LogP contribution is 2.64. The average molecular weight is 566 g/mol. The summed E-state index contributed by atoms with van der Waals surface area (Å²) in [6, 6.07) is 0. The van der Waals surface area contributed by atoms with E-state index in [0.717, 1.165) is 0 Å². The normalized spacial score (nSPS) is 16.9. The Morgan fingerprint density at radius 3 is 0.562 bits per heavy atom. The fourth-order valence-corrected chi connectivity index (χ4v) is 2.33. The zero-order valence-corrected chi connectivity index (χ0v) is 14.9. The highest BCUT2D eigenvalue weighted by atomic mass is 32.3. The molecule has 0 saturated carbocycles. The first kappa shape index (κ1) is 30.6. The summed E-state index contributed by atoms with van der Waals surface area (Å²) in [5, 5.41) is -16.3. The molecule has 32 heavy (non-hydrogen) atoms. The number of hydrogen-bond donors (Lipinski definition) is 0. The third-order valence-electron chi connectivity index (χ3n) is 3.32. The molecule has 0 radical (unpaired) electrons. The molecule has 0 rings (SSSR count). The molecular formula is C8F18O4S2. The van der Waals surface area contributed by atoms with Crippen LogP contribution in [0.4, 0.5) is 78.0 Å². The second-order valence-corrected chi connectivity index (χ2v) is 8.13. The molecule has 0 heterocycles. The van der Waals surface area contributed by atoms with Gasteiger partial charge in [0.1, 0.15) is 0 Å². The lowest BCUT2D eigenvalue weighted by molar-refractivity contribution is -0.444. The summed E-state index contributed by atoms with van der Waals surface area (Å²) < 4.78 is 271. The Hall–Kier alpha value is -1.36. The van der Waals surface area contributed by atoms with Gasteiger partial charge in [0.25, 0.3) is 0 Å². The molecule has 0 bridgehead atoms. The molecule has 0 aromatic heterocycles. The Morgan fingerprint density at radius 2 is 0.438 bits per heavy atom. The Bertz CT molecular complexity index is 869. The highest BCUT2D eigenvalue weighted by molar-refractivity contribution is 7.87. The topological polar surface area (TPSA) is 68.3 Å². The number of hydrogen-bond acceptors (Lipinski definition) is 4. The molecule has 0 aliphatic rings. The highest BCUT2D eigenvalue weighted by Gasteiger charge is 2.97. The van der Waals surface area contributed by atoms with Crippen LogP contribution >= 0.6 is 0 Å². The van der Waals surface area contributed by atoms with Crippen LogP contribution in [-0.2, 0) is 20.4 Å². The van der Waals surface area contributed by atoms with E-state index in [1.165, 1.54) is 0 Å². The Kier molecular flexibility index (Phi) is 6.77. The van der Waals surface area contributed by atoms with Gasteiger partial charge in [-0.1, -0.05) is 7.77 Å². The van der Waals surface area contributed by atoms with Crippen molar-refractivity contribution in [2.24, 2.45) is 0 Å². The number of rotatable bonds is 9. The summed E-state index contributed by atoms with van der Waals surface area (Å²) in [6.07, 6.45) is 0. The minimum Gasteiger partial charge on any atom is -0.192 e. The minimum absolute atomic E-state index is 8.16. The van der Waals surface area contributed by atoms with E-state index in [9.17, 15) is 94.9 Å². The molecule has 0 amide bonds. The molecule has 0 aromatic carbocycles. The maximum atomic E-state index is 13.2. The molecule has 24 heteroatoms. The van der Waals surface area contributed by atoms with Gasteiger partial charge in [0.15, 0.2) is 0 Å². The molecule has 0 aliphatic heterocycles. The average Bonchev–Trinajstić information content (AvgIpc) is 2.51. The van der Waals surface area contributed by atoms with Crippen LogP contribution < -0.4 is 0 Å². The fourth-order valence-electron chi connectivity index (χ4n) is 1.46. The lowest BCUT2D eigenvalue weighted by Crippen LogP contribution is -2.75. The van der Waals surface area contributed by atoms with Crippen LogP contribution in [0.1, 0.15) is 0 Å². The van der Waals surface area contributed by atoms with E-state index < -0.39 is 66.5 Å². The van der Waals surface area contributed by atoms with Gasteiger partial charge in [-0.2, -0.15) is 87.1 Å². The van der Waals surface area contributed by atoms with Crippen molar-refractivity contribution in [3.05, 3.63) is 0 Å². The van der Waals surface area contributed by atoms with Crippen molar-refractivity contribution in [1.82, 2.24) is 0 Å². The SMILES string of the molecule is O=S(=O)(F)C(F)(F)C(F)(F)C(F)(F)C(F)(F)C(F)(F)C(F)(F)C(F)(F)C(F)(F)S(=O)(=O)F. The second kappa shape index (κ2) is 7.07. The molecule has 0 unspecified atom stereocenters. The maximum absolute atomic E-state index is 13.2. The van der Waals surface area contributed by atoms with E-state index in [2.05, 4.69) is 0 Å². The van der Waals surface area contributed by atoms with Crippen molar-refractivity contribution in [3.8, 4) is 0 Å². The van der Waals surface area contributed by atoms with Crippen LogP contribution in [0.5, 0.6) is 0 Å². The first-order valence-corrected chi connectivity index (χ1v) is 8.92. The maximum Gasteiger partial charge on any atom is 0.442 e. The summed E-state index contributed by atoms with van der Waals surface area (Å²) in [7, 11) is -17.0. The van der Waals surface area contributed by atoms with Crippen LogP contribution in [0.3, 0.4) is 0 Å². The van der Waals surface area contributed by atoms with Gasteiger partial charge in [0, 0.05) is 0 Å². The van der Waals surface area contributed by atoms with Crippen LogP contribution in [0.2, 0.25) is 0 Å². The van der Waals surface area contributed by atoms with Crippen molar-refractivity contribution < 1.29 is 94.9 Å². The van der Waals surface area contributed by atoms with Gasteiger partial charge in [-0.3, -0.25) is 0 Å². The molecule has 0 aromatic rings. The van der Waals surface area contributed by atoms with Gasteiger partial charge >= 0.3 is 66.5 Å². The number of alkyl halides is 16. The second-order valence-electron chi connectivity index (χ2n) is 5.36. The summed E-state index contributed by atoms with van der Waals surface area (Å²) in [5.41, 5.74) is 0. The van der Waals surface area contributed by atoms with Gasteiger partial charge in [0.2, 0.25) is 0 Å². The van der Waals surface area contributed by atoms with E-state index in [1.54, 1.807) is 0 Å². The van der Waals surface area contributed by atoms with E-state index in [1.807, 2.05) is 0 Å². The summed E-state index contributed by atoms with van der Waals surface area (Å²) in [4.78, 5) is 0. The number of halogens is 18. The van der Waals surface area contributed by atoms with E-state index in [-0.39, 0.29) is 0 Å². The molecule has 0 atom stereocenters. The van der Waals surface area contributed by atoms with E-state index in [4.69, 9.17) is 0 Å². The lowest BCUT2D eigenvalue weighted by atomic mass is 9.91. The molecule has 0 aliphatic carbocycles. The predicted molar refractivity (Wildman–Crippen MR) is 59.6 cm³/mol. The smallest absolute Gasteiger partial charge is 0.192 e. The zero-order chi connectivity index (χ0) is 27.0. The minimum atomic E-state index is -9.12. The Labute approximate surface area is 162 Å². The fraction of sp³-hybridized carbons (Fsp3) is 1.00.